The minimum absolute atomic E-state index is 0.431. The number of carbonyl (C=O) groups is 2. The molecular weight excluding hydrogens is 302 g/mol. The number of carboxylic acids is 1. The Morgan fingerprint density at radius 2 is 1.76 bits per heavy atom. The molecule has 1 rings (SSSR count). The number of rotatable bonds is 7. The van der Waals surface area contributed by atoms with Gasteiger partial charge in [0.1, 0.15) is 11.8 Å². The van der Waals surface area contributed by atoms with Gasteiger partial charge in [-0.3, -0.25) is 9.35 Å². The van der Waals surface area contributed by atoms with Gasteiger partial charge in [0.05, 0.1) is 12.5 Å². The van der Waals surface area contributed by atoms with Crippen LogP contribution in [0.1, 0.15) is 18.1 Å². The molecule has 0 saturated carbocycles. The third kappa shape index (κ3) is 6.34. The number of aliphatic carboxylic acids is 1. The molecule has 21 heavy (non-hydrogen) atoms. The van der Waals surface area contributed by atoms with Crippen LogP contribution in [0.4, 0.5) is 0 Å². The number of nitrogens with one attached hydrogen (secondary N) is 1. The van der Waals surface area contributed by atoms with Gasteiger partial charge < -0.3 is 15.5 Å². The van der Waals surface area contributed by atoms with Crippen LogP contribution < -0.4 is 5.32 Å². The number of benzene rings is 1. The molecule has 1 amide bonds. The molecule has 8 nitrogen and oxygen atoms in total. The van der Waals surface area contributed by atoms with Crippen LogP contribution in [0.5, 0.6) is 0 Å². The first-order chi connectivity index (χ1) is 9.69. The summed E-state index contributed by atoms with van der Waals surface area (Å²) in [5, 5.41) is 20.5. The van der Waals surface area contributed by atoms with Gasteiger partial charge in [-0.05, 0) is 5.56 Å². The third-order valence-corrected chi connectivity index (χ3v) is 3.33. The highest BCUT2D eigenvalue weighted by molar-refractivity contribution is 7.85. The van der Waals surface area contributed by atoms with Crippen LogP contribution in [0.2, 0.25) is 0 Å². The molecule has 0 radical (unpaired) electrons. The van der Waals surface area contributed by atoms with Gasteiger partial charge in [-0.15, -0.1) is 0 Å². The summed E-state index contributed by atoms with van der Waals surface area (Å²) in [5.74, 6) is -3.59. The minimum atomic E-state index is -4.55. The molecule has 1 aromatic rings. The molecule has 4 N–H and O–H groups in total. The van der Waals surface area contributed by atoms with Gasteiger partial charge in [0.2, 0.25) is 5.91 Å². The molecule has 0 bridgehead atoms. The molecule has 9 heteroatoms. The van der Waals surface area contributed by atoms with Crippen molar-refractivity contribution >= 4 is 22.0 Å². The van der Waals surface area contributed by atoms with Crippen molar-refractivity contribution in [1.29, 1.82) is 0 Å². The number of carboxylic acid groups (broad SMARTS) is 1. The summed E-state index contributed by atoms with van der Waals surface area (Å²) in [6.45, 7) is 0. The van der Waals surface area contributed by atoms with E-state index in [1.165, 1.54) is 0 Å². The highest BCUT2D eigenvalue weighted by atomic mass is 32.2. The van der Waals surface area contributed by atoms with Gasteiger partial charge in [0.25, 0.3) is 10.1 Å². The molecule has 0 fully saturated rings. The van der Waals surface area contributed by atoms with E-state index in [9.17, 15) is 23.1 Å². The topological polar surface area (TPSA) is 141 Å². The Labute approximate surface area is 121 Å². The quantitative estimate of drug-likeness (QED) is 0.500. The summed E-state index contributed by atoms with van der Waals surface area (Å²) in [7, 11) is -4.55. The number of hydrogen-bond acceptors (Lipinski definition) is 5. The van der Waals surface area contributed by atoms with Crippen molar-refractivity contribution in [3.8, 4) is 0 Å². The Kier molecular flexibility index (Phi) is 5.82. The predicted octanol–water partition coefficient (Wildman–Crippen LogP) is -0.433. The van der Waals surface area contributed by atoms with E-state index in [4.69, 9.17) is 9.66 Å². The Bertz CT molecular complexity index is 599. The highest BCUT2D eigenvalue weighted by Crippen LogP contribution is 2.15. The van der Waals surface area contributed by atoms with Gasteiger partial charge in [-0.1, -0.05) is 30.3 Å². The first kappa shape index (κ1) is 17.1. The molecule has 0 spiro atoms. The lowest BCUT2D eigenvalue weighted by molar-refractivity contribution is -0.141. The van der Waals surface area contributed by atoms with E-state index in [-0.39, 0.29) is 0 Å². The second-order valence-corrected chi connectivity index (χ2v) is 5.83. The Morgan fingerprint density at radius 1 is 1.19 bits per heavy atom. The summed E-state index contributed by atoms with van der Waals surface area (Å²) in [4.78, 5) is 22.4. The van der Waals surface area contributed by atoms with Crippen LogP contribution in [0.15, 0.2) is 30.3 Å². The lowest BCUT2D eigenvalue weighted by Crippen LogP contribution is -2.45. The second kappa shape index (κ2) is 7.16. The molecular formula is C12H15NO7S. The second-order valence-electron chi connectivity index (χ2n) is 4.34. The number of hydrogen-bond donors (Lipinski definition) is 4. The SMILES string of the molecule is O=C(CC(O)c1ccccc1)N[C@@H](CS(=O)(=O)O)C(=O)O. The van der Waals surface area contributed by atoms with Crippen molar-refractivity contribution in [3.63, 3.8) is 0 Å². The lowest BCUT2D eigenvalue weighted by atomic mass is 10.1. The molecule has 0 aliphatic heterocycles. The largest absolute Gasteiger partial charge is 0.480 e. The van der Waals surface area contributed by atoms with E-state index < -0.39 is 46.3 Å². The van der Waals surface area contributed by atoms with Gasteiger partial charge >= 0.3 is 5.97 Å². The van der Waals surface area contributed by atoms with Gasteiger partial charge in [-0.2, -0.15) is 8.42 Å². The van der Waals surface area contributed by atoms with E-state index in [1.807, 2.05) is 5.32 Å². The van der Waals surface area contributed by atoms with Crippen molar-refractivity contribution in [2.24, 2.45) is 0 Å². The fourth-order valence-corrected chi connectivity index (χ4v) is 2.25. The van der Waals surface area contributed by atoms with Gasteiger partial charge in [0, 0.05) is 0 Å². The maximum Gasteiger partial charge on any atom is 0.327 e. The van der Waals surface area contributed by atoms with E-state index in [1.54, 1.807) is 30.3 Å². The van der Waals surface area contributed by atoms with Crippen LogP contribution in [0.25, 0.3) is 0 Å². The zero-order valence-electron chi connectivity index (χ0n) is 10.8. The molecule has 0 aliphatic carbocycles. The molecule has 0 heterocycles. The van der Waals surface area contributed by atoms with Gasteiger partial charge in [-0.25, -0.2) is 4.79 Å². The van der Waals surface area contributed by atoms with Crippen LogP contribution in [0, 0.1) is 0 Å². The Balaban J connectivity index is 2.64. The zero-order valence-corrected chi connectivity index (χ0v) is 11.7. The smallest absolute Gasteiger partial charge is 0.327 e. The molecule has 0 aliphatic rings. The number of carbonyl (C=O) groups excluding carboxylic acids is 1. The Morgan fingerprint density at radius 3 is 2.24 bits per heavy atom. The summed E-state index contributed by atoms with van der Waals surface area (Å²) < 4.78 is 29.9. The fraction of sp³-hybridized carbons (Fsp3) is 0.333. The van der Waals surface area contributed by atoms with Crippen LogP contribution >= 0.6 is 0 Å². The first-order valence-corrected chi connectivity index (χ1v) is 7.50. The molecule has 116 valence electrons. The fourth-order valence-electron chi connectivity index (χ4n) is 1.61. The molecule has 0 aromatic heterocycles. The van der Waals surface area contributed by atoms with Crippen LogP contribution in [0.3, 0.4) is 0 Å². The summed E-state index contributed by atoms with van der Waals surface area (Å²) >= 11 is 0. The first-order valence-electron chi connectivity index (χ1n) is 5.89. The summed E-state index contributed by atoms with van der Waals surface area (Å²) in [6, 6.07) is 6.44. The maximum absolute atomic E-state index is 11.6. The number of aliphatic hydroxyl groups is 1. The van der Waals surface area contributed by atoms with Crippen molar-refractivity contribution in [2.45, 2.75) is 18.6 Å². The van der Waals surface area contributed by atoms with E-state index >= 15 is 0 Å². The summed E-state index contributed by atoms with van der Waals surface area (Å²) in [6.07, 6.45) is -1.58. The monoisotopic (exact) mass is 317 g/mol. The normalized spacial score (nSPS) is 14.2. The average molecular weight is 317 g/mol. The highest BCUT2D eigenvalue weighted by Gasteiger charge is 2.26. The van der Waals surface area contributed by atoms with Crippen molar-refractivity contribution < 1.29 is 32.8 Å². The zero-order chi connectivity index (χ0) is 16.0. The molecule has 0 saturated heterocycles. The average Bonchev–Trinajstić information content (AvgIpc) is 2.37. The Hall–Kier alpha value is -1.97. The third-order valence-electron chi connectivity index (χ3n) is 2.57. The van der Waals surface area contributed by atoms with Crippen LogP contribution in [-0.2, 0) is 19.7 Å². The van der Waals surface area contributed by atoms with Crippen LogP contribution in [-0.4, -0.2) is 46.9 Å². The van der Waals surface area contributed by atoms with E-state index in [2.05, 4.69) is 0 Å². The predicted molar refractivity (Wildman–Crippen MR) is 72.0 cm³/mol. The molecule has 1 aromatic carbocycles. The minimum Gasteiger partial charge on any atom is -0.480 e. The molecule has 2 atom stereocenters. The lowest BCUT2D eigenvalue weighted by Gasteiger charge is -2.15. The van der Waals surface area contributed by atoms with Crippen molar-refractivity contribution in [1.82, 2.24) is 5.32 Å². The summed E-state index contributed by atoms with van der Waals surface area (Å²) in [5.41, 5.74) is 0.467. The maximum atomic E-state index is 11.6. The van der Waals surface area contributed by atoms with Crippen molar-refractivity contribution in [2.75, 3.05) is 5.75 Å². The number of amides is 1. The number of aliphatic hydroxyl groups excluding tert-OH is 1. The standard InChI is InChI=1S/C12H15NO7S/c14-10(8-4-2-1-3-5-8)6-11(15)13-9(12(16)17)7-21(18,19)20/h1-5,9-10,14H,6-7H2,(H,13,15)(H,16,17)(H,18,19,20)/t9-,10?/m0/s1. The van der Waals surface area contributed by atoms with E-state index in [0.29, 0.717) is 5.56 Å². The van der Waals surface area contributed by atoms with E-state index in [0.717, 1.165) is 0 Å². The van der Waals surface area contributed by atoms with Gasteiger partial charge in [0.15, 0.2) is 0 Å². The van der Waals surface area contributed by atoms with Crippen molar-refractivity contribution in [3.05, 3.63) is 35.9 Å². The molecule has 1 unspecified atom stereocenters.